The molecule has 2 aromatic rings. The van der Waals surface area contributed by atoms with Gasteiger partial charge in [-0.15, -0.1) is 11.3 Å². The zero-order valence-electron chi connectivity index (χ0n) is 11.5. The minimum Gasteiger partial charge on any atom is -0.481 e. The maximum absolute atomic E-state index is 11.8. The molecule has 0 radical (unpaired) electrons. The summed E-state index contributed by atoms with van der Waals surface area (Å²) in [7, 11) is 0. The van der Waals surface area contributed by atoms with Crippen LogP contribution in [0.4, 0.5) is 5.69 Å². The number of nitrogens with one attached hydrogen (secondary N) is 1. The zero-order valence-corrected chi connectivity index (χ0v) is 12.3. The fourth-order valence-electron chi connectivity index (χ4n) is 1.82. The molecule has 108 valence electrons. The predicted molar refractivity (Wildman–Crippen MR) is 84.5 cm³/mol. The maximum atomic E-state index is 11.8. The summed E-state index contributed by atoms with van der Waals surface area (Å²) in [4.78, 5) is 23.6. The fraction of sp³-hybridized carbons (Fsp3) is 0.125. The van der Waals surface area contributed by atoms with Gasteiger partial charge in [0.15, 0.2) is 0 Å². The van der Waals surface area contributed by atoms with Gasteiger partial charge in [-0.3, -0.25) is 9.59 Å². The minimum atomic E-state index is -0.897. The summed E-state index contributed by atoms with van der Waals surface area (Å²) in [6.45, 7) is 1.99. The first-order chi connectivity index (χ1) is 10.0. The first kappa shape index (κ1) is 15.0. The summed E-state index contributed by atoms with van der Waals surface area (Å²) in [5, 5.41) is 13.5. The molecule has 1 heterocycles. The lowest BCUT2D eigenvalue weighted by molar-refractivity contribution is -0.136. The van der Waals surface area contributed by atoms with Crippen LogP contribution >= 0.6 is 11.3 Å². The molecule has 0 aliphatic carbocycles. The Hall–Kier alpha value is -2.40. The molecule has 0 fully saturated rings. The van der Waals surface area contributed by atoms with Crippen molar-refractivity contribution < 1.29 is 14.7 Å². The van der Waals surface area contributed by atoms with Crippen LogP contribution in [0.2, 0.25) is 0 Å². The molecule has 0 unspecified atom stereocenters. The van der Waals surface area contributed by atoms with Gasteiger partial charge in [0.2, 0.25) is 5.91 Å². The predicted octanol–water partition coefficient (Wildman–Crippen LogP) is 3.34. The van der Waals surface area contributed by atoms with Gasteiger partial charge >= 0.3 is 5.97 Å². The molecule has 0 saturated heterocycles. The molecule has 0 saturated carbocycles. The third-order valence-electron chi connectivity index (χ3n) is 2.84. The molecule has 0 aliphatic rings. The number of benzene rings is 1. The minimum absolute atomic E-state index is 0.0616. The summed E-state index contributed by atoms with van der Waals surface area (Å²) >= 11 is 1.58. The van der Waals surface area contributed by atoms with Gasteiger partial charge in [0.1, 0.15) is 0 Å². The lowest BCUT2D eigenvalue weighted by Crippen LogP contribution is -2.08. The highest BCUT2D eigenvalue weighted by atomic mass is 32.1. The van der Waals surface area contributed by atoms with Crippen LogP contribution in [0, 0.1) is 6.92 Å². The Balaban J connectivity index is 2.01. The Morgan fingerprint density at radius 1 is 1.33 bits per heavy atom. The van der Waals surface area contributed by atoms with Crippen LogP contribution < -0.4 is 5.32 Å². The van der Waals surface area contributed by atoms with E-state index in [2.05, 4.69) is 5.32 Å². The van der Waals surface area contributed by atoms with E-state index >= 15 is 0 Å². The topological polar surface area (TPSA) is 66.4 Å². The fourth-order valence-corrected chi connectivity index (χ4v) is 2.64. The number of carbonyl (C=O) groups excluding carboxylic acids is 1. The summed E-state index contributed by atoms with van der Waals surface area (Å²) in [6, 6.07) is 8.83. The lowest BCUT2D eigenvalue weighted by atomic mass is 10.1. The number of hydrogen-bond donors (Lipinski definition) is 2. The Labute approximate surface area is 126 Å². The van der Waals surface area contributed by atoms with E-state index in [4.69, 9.17) is 5.11 Å². The van der Waals surface area contributed by atoms with E-state index in [0.29, 0.717) is 11.3 Å². The van der Waals surface area contributed by atoms with Crippen molar-refractivity contribution in [3.8, 4) is 0 Å². The van der Waals surface area contributed by atoms with Crippen LogP contribution in [0.1, 0.15) is 16.0 Å². The van der Waals surface area contributed by atoms with Crippen molar-refractivity contribution in [3.05, 3.63) is 57.8 Å². The van der Waals surface area contributed by atoms with Crippen molar-refractivity contribution in [2.24, 2.45) is 0 Å². The average molecular weight is 301 g/mol. The smallest absolute Gasteiger partial charge is 0.307 e. The van der Waals surface area contributed by atoms with Crippen LogP contribution in [0.5, 0.6) is 0 Å². The van der Waals surface area contributed by atoms with E-state index in [1.807, 2.05) is 18.4 Å². The van der Waals surface area contributed by atoms with Gasteiger partial charge in [-0.2, -0.15) is 0 Å². The van der Waals surface area contributed by atoms with Gasteiger partial charge in [0.05, 0.1) is 6.42 Å². The van der Waals surface area contributed by atoms with Crippen LogP contribution in [0.3, 0.4) is 0 Å². The molecule has 2 N–H and O–H groups in total. The molecular formula is C16H15NO3S. The van der Waals surface area contributed by atoms with Crippen molar-refractivity contribution in [1.29, 1.82) is 0 Å². The average Bonchev–Trinajstić information content (AvgIpc) is 2.81. The number of aliphatic carboxylic acids is 1. The zero-order chi connectivity index (χ0) is 15.2. The highest BCUT2D eigenvalue weighted by Gasteiger charge is 2.03. The van der Waals surface area contributed by atoms with Crippen LogP contribution in [-0.4, -0.2) is 17.0 Å². The molecule has 0 atom stereocenters. The highest BCUT2D eigenvalue weighted by molar-refractivity contribution is 7.11. The molecule has 2 rings (SSSR count). The SMILES string of the molecule is Cc1ccsc1C=CC(=O)Nc1cccc(CC(=O)O)c1. The number of thiophene rings is 1. The number of amides is 1. The molecule has 21 heavy (non-hydrogen) atoms. The van der Waals surface area contributed by atoms with E-state index in [1.165, 1.54) is 6.08 Å². The second-order valence-electron chi connectivity index (χ2n) is 4.56. The molecule has 0 spiro atoms. The number of carboxylic acids is 1. The van der Waals surface area contributed by atoms with Crippen molar-refractivity contribution >= 4 is 35.0 Å². The Bertz CT molecular complexity index is 688. The molecular weight excluding hydrogens is 286 g/mol. The second-order valence-corrected chi connectivity index (χ2v) is 5.51. The molecule has 4 nitrogen and oxygen atoms in total. The van der Waals surface area contributed by atoms with E-state index in [1.54, 1.807) is 41.7 Å². The summed E-state index contributed by atoms with van der Waals surface area (Å²) in [5.41, 5.74) is 2.37. The summed E-state index contributed by atoms with van der Waals surface area (Å²) < 4.78 is 0. The van der Waals surface area contributed by atoms with Crippen molar-refractivity contribution in [3.63, 3.8) is 0 Å². The van der Waals surface area contributed by atoms with Crippen LogP contribution in [0.15, 0.2) is 41.8 Å². The second kappa shape index (κ2) is 6.85. The van der Waals surface area contributed by atoms with E-state index in [0.717, 1.165) is 10.4 Å². The molecule has 1 aromatic heterocycles. The first-order valence-electron chi connectivity index (χ1n) is 6.38. The van der Waals surface area contributed by atoms with Gasteiger partial charge in [-0.05, 0) is 47.7 Å². The molecule has 5 heteroatoms. The largest absolute Gasteiger partial charge is 0.481 e. The number of rotatable bonds is 5. The van der Waals surface area contributed by atoms with E-state index in [9.17, 15) is 9.59 Å². The van der Waals surface area contributed by atoms with E-state index < -0.39 is 5.97 Å². The lowest BCUT2D eigenvalue weighted by Gasteiger charge is -2.04. The van der Waals surface area contributed by atoms with Crippen LogP contribution in [0.25, 0.3) is 6.08 Å². The molecule has 1 amide bonds. The van der Waals surface area contributed by atoms with Crippen molar-refractivity contribution in [2.45, 2.75) is 13.3 Å². The van der Waals surface area contributed by atoms with Gasteiger partial charge in [0, 0.05) is 16.6 Å². The quantitative estimate of drug-likeness (QED) is 0.832. The summed E-state index contributed by atoms with van der Waals surface area (Å²) in [5.74, 6) is -1.14. The standard InChI is InChI=1S/C16H15NO3S/c1-11-7-8-21-14(11)5-6-15(18)17-13-4-2-3-12(9-13)10-16(19)20/h2-9H,10H2,1H3,(H,17,18)(H,19,20). The first-order valence-corrected chi connectivity index (χ1v) is 7.26. The van der Waals surface area contributed by atoms with Gasteiger partial charge in [-0.25, -0.2) is 0 Å². The Kier molecular flexibility index (Phi) is 4.90. The molecule has 0 bridgehead atoms. The highest BCUT2D eigenvalue weighted by Crippen LogP contribution is 2.17. The van der Waals surface area contributed by atoms with Gasteiger partial charge in [-0.1, -0.05) is 12.1 Å². The summed E-state index contributed by atoms with van der Waals surface area (Å²) in [6.07, 6.45) is 3.19. The van der Waals surface area contributed by atoms with Gasteiger partial charge < -0.3 is 10.4 Å². The normalized spacial score (nSPS) is 10.7. The van der Waals surface area contributed by atoms with Crippen molar-refractivity contribution in [2.75, 3.05) is 5.32 Å². The number of anilines is 1. The molecule has 0 aliphatic heterocycles. The van der Waals surface area contributed by atoms with Crippen LogP contribution in [-0.2, 0) is 16.0 Å². The third-order valence-corrected chi connectivity index (χ3v) is 3.82. The number of carbonyl (C=O) groups is 2. The number of carboxylic acid groups (broad SMARTS) is 1. The number of aryl methyl sites for hydroxylation is 1. The monoisotopic (exact) mass is 301 g/mol. The Morgan fingerprint density at radius 2 is 2.14 bits per heavy atom. The van der Waals surface area contributed by atoms with Crippen molar-refractivity contribution in [1.82, 2.24) is 0 Å². The van der Waals surface area contributed by atoms with Gasteiger partial charge in [0.25, 0.3) is 0 Å². The number of hydrogen-bond acceptors (Lipinski definition) is 3. The third kappa shape index (κ3) is 4.57. The molecule has 1 aromatic carbocycles. The Morgan fingerprint density at radius 3 is 2.81 bits per heavy atom. The maximum Gasteiger partial charge on any atom is 0.307 e. The van der Waals surface area contributed by atoms with E-state index in [-0.39, 0.29) is 12.3 Å².